The second kappa shape index (κ2) is 6.21. The highest BCUT2D eigenvalue weighted by Gasteiger charge is 2.30. The fourth-order valence-electron chi connectivity index (χ4n) is 2.64. The molecule has 1 saturated heterocycles. The Morgan fingerprint density at radius 3 is 2.57 bits per heavy atom. The Labute approximate surface area is 133 Å². The van der Waals surface area contributed by atoms with E-state index in [-0.39, 0.29) is 17.1 Å². The van der Waals surface area contributed by atoms with Crippen LogP contribution in [0.25, 0.3) is 0 Å². The molecule has 2 aromatic rings. The largest absolute Gasteiger partial charge is 0.365 e. The minimum atomic E-state index is -3.70. The summed E-state index contributed by atoms with van der Waals surface area (Å²) in [5, 5.41) is 0. The first kappa shape index (κ1) is 15.8. The maximum atomic E-state index is 13.8. The Bertz CT molecular complexity index is 779. The van der Waals surface area contributed by atoms with Gasteiger partial charge in [-0.25, -0.2) is 21.9 Å². The van der Waals surface area contributed by atoms with Crippen LogP contribution < -0.4 is 9.62 Å². The summed E-state index contributed by atoms with van der Waals surface area (Å²) in [6.45, 7) is 0.579. The predicted octanol–water partition coefficient (Wildman–Crippen LogP) is 1.92. The standard InChI is InChI=1S/C15H15F2N3O2S/c16-13-4-1-5-14(17)15(13)20-8-6-11(10-20)19-23(21,22)12-3-2-7-18-9-12/h1-5,7,9,11,19H,6,8,10H2. The number of nitrogens with zero attached hydrogens (tertiary/aromatic N) is 2. The third kappa shape index (κ3) is 3.32. The molecule has 0 saturated carbocycles. The van der Waals surface area contributed by atoms with E-state index in [9.17, 15) is 17.2 Å². The number of hydrogen-bond acceptors (Lipinski definition) is 4. The molecule has 1 aromatic heterocycles. The number of benzene rings is 1. The van der Waals surface area contributed by atoms with Crippen LogP contribution in [0, 0.1) is 11.6 Å². The van der Waals surface area contributed by atoms with Gasteiger partial charge in [0.25, 0.3) is 0 Å². The van der Waals surface area contributed by atoms with Crippen LogP contribution in [0.4, 0.5) is 14.5 Å². The minimum Gasteiger partial charge on any atom is -0.365 e. The van der Waals surface area contributed by atoms with Crippen molar-refractivity contribution in [2.24, 2.45) is 0 Å². The normalized spacial score (nSPS) is 18.3. The second-order valence-electron chi connectivity index (χ2n) is 5.31. The van der Waals surface area contributed by atoms with E-state index in [1.165, 1.54) is 47.6 Å². The van der Waals surface area contributed by atoms with Crippen molar-refractivity contribution in [1.82, 2.24) is 9.71 Å². The Morgan fingerprint density at radius 1 is 1.17 bits per heavy atom. The van der Waals surface area contributed by atoms with Crippen molar-refractivity contribution in [2.75, 3.05) is 18.0 Å². The fraction of sp³-hybridized carbons (Fsp3) is 0.267. The summed E-state index contributed by atoms with van der Waals surface area (Å²) in [6.07, 6.45) is 3.20. The number of hydrogen-bond donors (Lipinski definition) is 1. The minimum absolute atomic E-state index is 0.0653. The second-order valence-corrected chi connectivity index (χ2v) is 7.03. The predicted molar refractivity (Wildman–Crippen MR) is 81.5 cm³/mol. The third-order valence-electron chi connectivity index (χ3n) is 3.71. The zero-order valence-corrected chi connectivity index (χ0v) is 12.9. The van der Waals surface area contributed by atoms with Gasteiger partial charge in [0.2, 0.25) is 10.0 Å². The molecule has 0 spiro atoms. The first-order chi connectivity index (χ1) is 11.0. The Morgan fingerprint density at radius 2 is 1.91 bits per heavy atom. The van der Waals surface area contributed by atoms with Crippen LogP contribution in [0.5, 0.6) is 0 Å². The average Bonchev–Trinajstić information content (AvgIpc) is 2.95. The topological polar surface area (TPSA) is 62.3 Å². The first-order valence-corrected chi connectivity index (χ1v) is 8.57. The monoisotopic (exact) mass is 339 g/mol. The molecule has 0 bridgehead atoms. The van der Waals surface area contributed by atoms with Gasteiger partial charge < -0.3 is 4.90 Å². The molecule has 1 aliphatic heterocycles. The Balaban J connectivity index is 1.74. The lowest BCUT2D eigenvalue weighted by Crippen LogP contribution is -2.37. The summed E-state index contributed by atoms with van der Waals surface area (Å²) in [5.74, 6) is -1.30. The average molecular weight is 339 g/mol. The quantitative estimate of drug-likeness (QED) is 0.924. The first-order valence-electron chi connectivity index (χ1n) is 7.09. The van der Waals surface area contributed by atoms with Gasteiger partial charge in [-0.1, -0.05) is 6.07 Å². The molecule has 8 heteroatoms. The lowest BCUT2D eigenvalue weighted by Gasteiger charge is -2.20. The van der Waals surface area contributed by atoms with E-state index in [1.807, 2.05) is 0 Å². The van der Waals surface area contributed by atoms with Gasteiger partial charge in [-0.3, -0.25) is 4.98 Å². The Kier molecular flexibility index (Phi) is 4.27. The molecule has 1 N–H and O–H groups in total. The van der Waals surface area contributed by atoms with Crippen molar-refractivity contribution in [2.45, 2.75) is 17.4 Å². The summed E-state index contributed by atoms with van der Waals surface area (Å²) >= 11 is 0. The van der Waals surface area contributed by atoms with E-state index >= 15 is 0 Å². The van der Waals surface area contributed by atoms with Gasteiger partial charge in [0.05, 0.1) is 0 Å². The molecular formula is C15H15F2N3O2S. The highest BCUT2D eigenvalue weighted by molar-refractivity contribution is 7.89. The molecule has 1 aliphatic rings. The summed E-state index contributed by atoms with van der Waals surface area (Å²) < 4.78 is 54.7. The fourth-order valence-corrected chi connectivity index (χ4v) is 3.87. The van der Waals surface area contributed by atoms with Gasteiger partial charge in [0.1, 0.15) is 22.2 Å². The Hall–Kier alpha value is -2.06. The molecule has 1 fully saturated rings. The molecule has 0 amide bonds. The number of rotatable bonds is 4. The molecule has 122 valence electrons. The molecule has 1 unspecified atom stereocenters. The van der Waals surface area contributed by atoms with Crippen LogP contribution in [-0.2, 0) is 10.0 Å². The van der Waals surface area contributed by atoms with Crippen LogP contribution in [0.15, 0.2) is 47.6 Å². The molecule has 0 radical (unpaired) electrons. The number of para-hydroxylation sites is 1. The number of halogens is 2. The van der Waals surface area contributed by atoms with Crippen molar-refractivity contribution in [3.63, 3.8) is 0 Å². The van der Waals surface area contributed by atoms with Crippen LogP contribution >= 0.6 is 0 Å². The van der Waals surface area contributed by atoms with Crippen LogP contribution in [-0.4, -0.2) is 32.5 Å². The van der Waals surface area contributed by atoms with E-state index in [0.717, 1.165) is 0 Å². The molecule has 5 nitrogen and oxygen atoms in total. The van der Waals surface area contributed by atoms with Gasteiger partial charge in [-0.2, -0.15) is 0 Å². The number of nitrogens with one attached hydrogen (secondary N) is 1. The van der Waals surface area contributed by atoms with Crippen molar-refractivity contribution < 1.29 is 17.2 Å². The number of aromatic nitrogens is 1. The highest BCUT2D eigenvalue weighted by Crippen LogP contribution is 2.27. The van der Waals surface area contributed by atoms with Gasteiger partial charge in [-0.05, 0) is 30.7 Å². The summed E-state index contributed by atoms with van der Waals surface area (Å²) in [5.41, 5.74) is -0.115. The summed E-state index contributed by atoms with van der Waals surface area (Å²) in [4.78, 5) is 5.36. The van der Waals surface area contributed by atoms with Crippen molar-refractivity contribution in [1.29, 1.82) is 0 Å². The molecular weight excluding hydrogens is 324 g/mol. The van der Waals surface area contributed by atoms with Gasteiger partial charge in [-0.15, -0.1) is 0 Å². The maximum absolute atomic E-state index is 13.8. The third-order valence-corrected chi connectivity index (χ3v) is 5.21. The van der Waals surface area contributed by atoms with Gasteiger partial charge in [0, 0.05) is 31.5 Å². The van der Waals surface area contributed by atoms with E-state index in [1.54, 1.807) is 0 Å². The van der Waals surface area contributed by atoms with Crippen molar-refractivity contribution in [3.8, 4) is 0 Å². The lowest BCUT2D eigenvalue weighted by molar-refractivity contribution is 0.559. The zero-order chi connectivity index (χ0) is 16.4. The van der Waals surface area contributed by atoms with Gasteiger partial charge in [0.15, 0.2) is 0 Å². The number of pyridine rings is 1. The number of anilines is 1. The van der Waals surface area contributed by atoms with Crippen LogP contribution in [0.1, 0.15) is 6.42 Å². The van der Waals surface area contributed by atoms with E-state index in [0.29, 0.717) is 13.0 Å². The SMILES string of the molecule is O=S(=O)(NC1CCN(c2c(F)cccc2F)C1)c1cccnc1. The maximum Gasteiger partial charge on any atom is 0.242 e. The molecule has 23 heavy (non-hydrogen) atoms. The van der Waals surface area contributed by atoms with Crippen LogP contribution in [0.3, 0.4) is 0 Å². The van der Waals surface area contributed by atoms with Gasteiger partial charge >= 0.3 is 0 Å². The lowest BCUT2D eigenvalue weighted by atomic mass is 10.2. The highest BCUT2D eigenvalue weighted by atomic mass is 32.2. The molecule has 1 atom stereocenters. The van der Waals surface area contributed by atoms with E-state index < -0.39 is 27.7 Å². The number of sulfonamides is 1. The van der Waals surface area contributed by atoms with Crippen molar-refractivity contribution in [3.05, 3.63) is 54.4 Å². The molecule has 2 heterocycles. The van der Waals surface area contributed by atoms with E-state index in [4.69, 9.17) is 0 Å². The smallest absolute Gasteiger partial charge is 0.242 e. The summed E-state index contributed by atoms with van der Waals surface area (Å²) in [7, 11) is -3.70. The zero-order valence-electron chi connectivity index (χ0n) is 12.1. The molecule has 3 rings (SSSR count). The molecule has 0 aliphatic carbocycles. The van der Waals surface area contributed by atoms with Crippen LogP contribution in [0.2, 0.25) is 0 Å². The van der Waals surface area contributed by atoms with Crippen molar-refractivity contribution >= 4 is 15.7 Å². The van der Waals surface area contributed by atoms with E-state index in [2.05, 4.69) is 9.71 Å². The summed E-state index contributed by atoms with van der Waals surface area (Å²) in [6, 6.07) is 6.23. The molecule has 1 aromatic carbocycles.